The molecule has 0 saturated carbocycles. The van der Waals surface area contributed by atoms with E-state index in [4.69, 9.17) is 14.8 Å². The van der Waals surface area contributed by atoms with Gasteiger partial charge in [-0.25, -0.2) is 9.97 Å². The molecule has 0 aliphatic carbocycles. The number of nitrogens with zero attached hydrogens (tertiary/aromatic N) is 2. The zero-order chi connectivity index (χ0) is 10.4. The Morgan fingerprint density at radius 2 is 2.00 bits per heavy atom. The maximum absolute atomic E-state index is 8.77. The summed E-state index contributed by atoms with van der Waals surface area (Å²) in [5, 5.41) is 17.5. The van der Waals surface area contributed by atoms with Crippen molar-refractivity contribution < 1.29 is 14.8 Å². The summed E-state index contributed by atoms with van der Waals surface area (Å²) in [7, 11) is -1.51. The monoisotopic (exact) mass is 196 g/mol. The van der Waals surface area contributed by atoms with Crippen LogP contribution in [0.15, 0.2) is 12.4 Å². The van der Waals surface area contributed by atoms with E-state index in [-0.39, 0.29) is 5.46 Å². The van der Waals surface area contributed by atoms with Gasteiger partial charge >= 0.3 is 7.12 Å². The van der Waals surface area contributed by atoms with Gasteiger partial charge in [-0.05, 0) is 6.42 Å². The van der Waals surface area contributed by atoms with E-state index in [1.165, 1.54) is 12.4 Å². The topological polar surface area (TPSA) is 75.5 Å². The predicted molar refractivity (Wildman–Crippen MR) is 51.8 cm³/mol. The van der Waals surface area contributed by atoms with E-state index in [2.05, 4.69) is 9.97 Å². The van der Waals surface area contributed by atoms with Gasteiger partial charge in [0.25, 0.3) is 0 Å². The highest BCUT2D eigenvalue weighted by atomic mass is 16.5. The van der Waals surface area contributed by atoms with Crippen LogP contribution in [0.5, 0.6) is 0 Å². The smallest absolute Gasteiger partial charge is 0.423 e. The molecule has 0 unspecified atom stereocenters. The molecule has 0 saturated heterocycles. The number of hydrogen-bond acceptors (Lipinski definition) is 5. The van der Waals surface area contributed by atoms with Crippen molar-refractivity contribution in [2.24, 2.45) is 0 Å². The Labute approximate surface area is 82.9 Å². The quantitative estimate of drug-likeness (QED) is 0.470. The van der Waals surface area contributed by atoms with Gasteiger partial charge in [0.1, 0.15) is 6.61 Å². The van der Waals surface area contributed by atoms with Crippen LogP contribution < -0.4 is 5.46 Å². The third-order valence-electron chi connectivity index (χ3n) is 1.60. The van der Waals surface area contributed by atoms with E-state index in [1.54, 1.807) is 0 Å². The molecule has 0 amide bonds. The molecule has 1 aromatic heterocycles. The zero-order valence-corrected chi connectivity index (χ0v) is 8.05. The highest BCUT2D eigenvalue weighted by Crippen LogP contribution is 1.91. The lowest BCUT2D eigenvalue weighted by Crippen LogP contribution is -2.30. The molecule has 1 aromatic rings. The molecule has 0 fully saturated rings. The number of ether oxygens (including phenoxy) is 1. The van der Waals surface area contributed by atoms with Gasteiger partial charge in [0.15, 0.2) is 5.82 Å². The van der Waals surface area contributed by atoms with Gasteiger partial charge in [-0.1, -0.05) is 6.92 Å². The molecule has 6 heteroatoms. The van der Waals surface area contributed by atoms with Gasteiger partial charge in [0, 0.05) is 24.5 Å². The Morgan fingerprint density at radius 3 is 2.50 bits per heavy atom. The van der Waals surface area contributed by atoms with Crippen molar-refractivity contribution in [2.45, 2.75) is 20.0 Å². The minimum Gasteiger partial charge on any atom is -0.423 e. The normalized spacial score (nSPS) is 10.2. The van der Waals surface area contributed by atoms with Crippen molar-refractivity contribution in [3.8, 4) is 0 Å². The maximum Gasteiger partial charge on any atom is 0.491 e. The predicted octanol–water partition coefficient (Wildman–Crippen LogP) is -0.917. The van der Waals surface area contributed by atoms with Crippen LogP contribution in [0.1, 0.15) is 19.2 Å². The lowest BCUT2D eigenvalue weighted by atomic mass is 9.83. The van der Waals surface area contributed by atoms with E-state index in [0.29, 0.717) is 19.0 Å². The summed E-state index contributed by atoms with van der Waals surface area (Å²) in [5.74, 6) is 0.544. The van der Waals surface area contributed by atoms with Crippen LogP contribution in [0.25, 0.3) is 0 Å². The van der Waals surface area contributed by atoms with Gasteiger partial charge in [0.05, 0.1) is 0 Å². The Kier molecular flexibility index (Phi) is 4.51. The second-order valence-electron chi connectivity index (χ2n) is 2.86. The first kappa shape index (κ1) is 11.1. The Hall–Kier alpha value is -0.975. The molecular weight excluding hydrogens is 183 g/mol. The molecule has 76 valence electrons. The lowest BCUT2D eigenvalue weighted by molar-refractivity contribution is 0.116. The van der Waals surface area contributed by atoms with Gasteiger partial charge in [-0.15, -0.1) is 0 Å². The molecular formula is C8H13BN2O3. The number of hydrogen-bond donors (Lipinski definition) is 2. The summed E-state index contributed by atoms with van der Waals surface area (Å²) >= 11 is 0. The largest absolute Gasteiger partial charge is 0.491 e. The molecule has 0 aliphatic heterocycles. The molecule has 1 heterocycles. The SMILES string of the molecule is CCCOCc1ncc(B(O)O)cn1. The maximum atomic E-state index is 8.77. The van der Waals surface area contributed by atoms with Crippen LogP contribution in [-0.2, 0) is 11.3 Å². The van der Waals surface area contributed by atoms with Crippen LogP contribution in [0.3, 0.4) is 0 Å². The van der Waals surface area contributed by atoms with Gasteiger partial charge < -0.3 is 14.8 Å². The van der Waals surface area contributed by atoms with E-state index in [1.807, 2.05) is 6.92 Å². The fourth-order valence-corrected chi connectivity index (χ4v) is 0.880. The summed E-state index contributed by atoms with van der Waals surface area (Å²) in [5.41, 5.74) is 0.282. The van der Waals surface area contributed by atoms with Crippen LogP contribution >= 0.6 is 0 Å². The van der Waals surface area contributed by atoms with Crippen LogP contribution in [0.4, 0.5) is 0 Å². The van der Waals surface area contributed by atoms with Gasteiger partial charge in [-0.3, -0.25) is 0 Å². The van der Waals surface area contributed by atoms with Crippen molar-refractivity contribution in [3.05, 3.63) is 18.2 Å². The van der Waals surface area contributed by atoms with Crippen molar-refractivity contribution in [1.29, 1.82) is 0 Å². The first-order valence-electron chi connectivity index (χ1n) is 4.48. The minimum atomic E-state index is -1.51. The second kappa shape index (κ2) is 5.69. The zero-order valence-electron chi connectivity index (χ0n) is 8.05. The van der Waals surface area contributed by atoms with Crippen LogP contribution in [-0.4, -0.2) is 33.7 Å². The van der Waals surface area contributed by atoms with Crippen molar-refractivity contribution in [1.82, 2.24) is 9.97 Å². The molecule has 0 bridgehead atoms. The van der Waals surface area contributed by atoms with E-state index < -0.39 is 7.12 Å². The summed E-state index contributed by atoms with van der Waals surface area (Å²) in [6, 6.07) is 0. The molecule has 0 radical (unpaired) electrons. The van der Waals surface area contributed by atoms with E-state index in [0.717, 1.165) is 6.42 Å². The summed E-state index contributed by atoms with van der Waals surface area (Å²) in [6.45, 7) is 3.05. The molecule has 1 rings (SSSR count). The van der Waals surface area contributed by atoms with E-state index in [9.17, 15) is 0 Å². The molecule has 5 nitrogen and oxygen atoms in total. The minimum absolute atomic E-state index is 0.282. The fourth-order valence-electron chi connectivity index (χ4n) is 0.880. The first-order chi connectivity index (χ1) is 6.74. The Morgan fingerprint density at radius 1 is 1.36 bits per heavy atom. The second-order valence-corrected chi connectivity index (χ2v) is 2.86. The van der Waals surface area contributed by atoms with E-state index >= 15 is 0 Å². The summed E-state index contributed by atoms with van der Waals surface area (Å²) in [4.78, 5) is 7.83. The molecule has 0 spiro atoms. The highest BCUT2D eigenvalue weighted by Gasteiger charge is 2.11. The summed E-state index contributed by atoms with van der Waals surface area (Å²) < 4.78 is 5.22. The van der Waals surface area contributed by atoms with Crippen LogP contribution in [0, 0.1) is 0 Å². The Bertz CT molecular complexity index is 266. The first-order valence-corrected chi connectivity index (χ1v) is 4.48. The average molecular weight is 196 g/mol. The standard InChI is InChI=1S/C8H13BN2O3/c1-2-3-14-6-8-10-4-7(5-11-8)9(12)13/h4-5,12-13H,2-3,6H2,1H3. The van der Waals surface area contributed by atoms with Crippen molar-refractivity contribution >= 4 is 12.6 Å². The molecule has 0 aliphatic rings. The molecule has 14 heavy (non-hydrogen) atoms. The van der Waals surface area contributed by atoms with Crippen molar-refractivity contribution in [3.63, 3.8) is 0 Å². The average Bonchev–Trinajstić information content (AvgIpc) is 2.19. The highest BCUT2D eigenvalue weighted by molar-refractivity contribution is 6.58. The third-order valence-corrected chi connectivity index (χ3v) is 1.60. The lowest BCUT2D eigenvalue weighted by Gasteiger charge is -2.02. The Balaban J connectivity index is 2.47. The molecule has 0 aromatic carbocycles. The fraction of sp³-hybridized carbons (Fsp3) is 0.500. The number of rotatable bonds is 5. The van der Waals surface area contributed by atoms with Gasteiger partial charge in [0.2, 0.25) is 0 Å². The molecule has 0 atom stereocenters. The third kappa shape index (κ3) is 3.41. The van der Waals surface area contributed by atoms with Crippen molar-refractivity contribution in [2.75, 3.05) is 6.61 Å². The van der Waals surface area contributed by atoms with Gasteiger partial charge in [-0.2, -0.15) is 0 Å². The summed E-state index contributed by atoms with van der Waals surface area (Å²) in [6.07, 6.45) is 3.71. The molecule has 2 N–H and O–H groups in total. The number of aromatic nitrogens is 2. The van der Waals surface area contributed by atoms with Crippen LogP contribution in [0.2, 0.25) is 0 Å².